The van der Waals surface area contributed by atoms with Gasteiger partial charge in [-0.1, -0.05) is 17.7 Å². The molecule has 1 fully saturated rings. The highest BCUT2D eigenvalue weighted by atomic mass is 35.5. The molecule has 0 bridgehead atoms. The topological polar surface area (TPSA) is 41.1 Å². The first-order chi connectivity index (χ1) is 8.16. The number of hydrogen-bond acceptors (Lipinski definition) is 2. The first-order valence-corrected chi connectivity index (χ1v) is 5.97. The van der Waals surface area contributed by atoms with E-state index in [1.807, 2.05) is 0 Å². The van der Waals surface area contributed by atoms with E-state index in [1.54, 1.807) is 6.07 Å². The Balaban J connectivity index is 1.97. The zero-order valence-corrected chi connectivity index (χ0v) is 10.1. The number of carbonyl (C=O) groups is 1. The van der Waals surface area contributed by atoms with E-state index in [9.17, 15) is 9.18 Å². The van der Waals surface area contributed by atoms with E-state index in [0.29, 0.717) is 5.02 Å². The predicted molar refractivity (Wildman–Crippen MR) is 64.5 cm³/mol. The van der Waals surface area contributed by atoms with Gasteiger partial charge in [-0.2, -0.15) is 0 Å². The summed E-state index contributed by atoms with van der Waals surface area (Å²) in [7, 11) is 0. The van der Waals surface area contributed by atoms with Crippen LogP contribution in [0.2, 0.25) is 5.02 Å². The first-order valence-electron chi connectivity index (χ1n) is 5.60. The molecule has 17 heavy (non-hydrogen) atoms. The molecule has 0 saturated carbocycles. The van der Waals surface area contributed by atoms with Crippen LogP contribution in [0.4, 0.5) is 4.39 Å². The lowest BCUT2D eigenvalue weighted by Crippen LogP contribution is -2.37. The molecule has 1 aliphatic rings. The Labute approximate surface area is 104 Å². The number of hydrogen-bond donors (Lipinski definition) is 2. The van der Waals surface area contributed by atoms with Gasteiger partial charge in [0.15, 0.2) is 0 Å². The van der Waals surface area contributed by atoms with Crippen molar-refractivity contribution in [2.24, 2.45) is 0 Å². The summed E-state index contributed by atoms with van der Waals surface area (Å²) < 4.78 is 13.4. The van der Waals surface area contributed by atoms with Crippen LogP contribution in [-0.2, 0) is 11.2 Å². The SMILES string of the molecule is O=C(Cc1c(F)cccc1Cl)NC1CCNC1. The smallest absolute Gasteiger partial charge is 0.224 e. The van der Waals surface area contributed by atoms with Crippen LogP contribution in [0.25, 0.3) is 0 Å². The Morgan fingerprint density at radius 3 is 3.06 bits per heavy atom. The maximum atomic E-state index is 13.4. The lowest BCUT2D eigenvalue weighted by atomic mass is 10.1. The summed E-state index contributed by atoms with van der Waals surface area (Å²) in [4.78, 5) is 11.7. The van der Waals surface area contributed by atoms with Crippen LogP contribution in [0, 0.1) is 5.82 Å². The molecule has 1 aliphatic heterocycles. The maximum Gasteiger partial charge on any atom is 0.224 e. The number of amides is 1. The van der Waals surface area contributed by atoms with Gasteiger partial charge in [-0.25, -0.2) is 4.39 Å². The Hall–Kier alpha value is -1.13. The van der Waals surface area contributed by atoms with Crippen molar-refractivity contribution in [2.75, 3.05) is 13.1 Å². The molecule has 0 aromatic heterocycles. The Bertz CT molecular complexity index is 399. The van der Waals surface area contributed by atoms with Crippen molar-refractivity contribution in [3.63, 3.8) is 0 Å². The molecule has 5 heteroatoms. The van der Waals surface area contributed by atoms with Gasteiger partial charge >= 0.3 is 0 Å². The zero-order chi connectivity index (χ0) is 12.3. The standard InChI is InChI=1S/C12H14ClFN2O/c13-10-2-1-3-11(14)9(10)6-12(17)16-8-4-5-15-7-8/h1-3,8,15H,4-7H2,(H,16,17). The van der Waals surface area contributed by atoms with Crippen molar-refractivity contribution in [3.8, 4) is 0 Å². The van der Waals surface area contributed by atoms with Crippen LogP contribution in [0.5, 0.6) is 0 Å². The highest BCUT2D eigenvalue weighted by Crippen LogP contribution is 2.19. The van der Waals surface area contributed by atoms with E-state index in [1.165, 1.54) is 12.1 Å². The normalized spacial score (nSPS) is 19.3. The quantitative estimate of drug-likeness (QED) is 0.861. The van der Waals surface area contributed by atoms with E-state index in [4.69, 9.17) is 11.6 Å². The first kappa shape index (κ1) is 12.3. The Kier molecular flexibility index (Phi) is 3.97. The molecule has 0 radical (unpaired) electrons. The molecule has 1 aromatic rings. The van der Waals surface area contributed by atoms with E-state index in [-0.39, 0.29) is 23.9 Å². The molecule has 0 aliphatic carbocycles. The highest BCUT2D eigenvalue weighted by molar-refractivity contribution is 6.31. The van der Waals surface area contributed by atoms with Gasteiger partial charge in [-0.15, -0.1) is 0 Å². The summed E-state index contributed by atoms with van der Waals surface area (Å²) in [6.45, 7) is 1.68. The summed E-state index contributed by atoms with van der Waals surface area (Å²) in [5.74, 6) is -0.622. The number of nitrogens with one attached hydrogen (secondary N) is 2. The second-order valence-corrected chi connectivity index (χ2v) is 4.54. The third-order valence-electron chi connectivity index (χ3n) is 2.82. The summed E-state index contributed by atoms with van der Waals surface area (Å²) in [6, 6.07) is 4.57. The second-order valence-electron chi connectivity index (χ2n) is 4.13. The summed E-state index contributed by atoms with van der Waals surface area (Å²) in [5.41, 5.74) is 0.262. The van der Waals surface area contributed by atoms with Crippen LogP contribution in [0.3, 0.4) is 0 Å². The van der Waals surface area contributed by atoms with E-state index >= 15 is 0 Å². The summed E-state index contributed by atoms with van der Waals surface area (Å²) in [5, 5.41) is 6.30. The average Bonchev–Trinajstić information content (AvgIpc) is 2.76. The largest absolute Gasteiger partial charge is 0.352 e. The van der Waals surface area contributed by atoms with Crippen molar-refractivity contribution in [2.45, 2.75) is 18.9 Å². The van der Waals surface area contributed by atoms with Gasteiger partial charge in [0, 0.05) is 23.2 Å². The van der Waals surface area contributed by atoms with Gasteiger partial charge in [0.25, 0.3) is 0 Å². The number of rotatable bonds is 3. The molecule has 3 nitrogen and oxygen atoms in total. The van der Waals surface area contributed by atoms with Crippen molar-refractivity contribution in [3.05, 3.63) is 34.6 Å². The van der Waals surface area contributed by atoms with Crippen LogP contribution in [0.1, 0.15) is 12.0 Å². The molecule has 2 N–H and O–H groups in total. The van der Waals surface area contributed by atoms with Gasteiger partial charge in [0.05, 0.1) is 6.42 Å². The van der Waals surface area contributed by atoms with Gasteiger partial charge < -0.3 is 10.6 Å². The molecule has 1 aromatic carbocycles. The lowest BCUT2D eigenvalue weighted by Gasteiger charge is -2.12. The van der Waals surface area contributed by atoms with Gasteiger partial charge in [0.2, 0.25) is 5.91 Å². The van der Waals surface area contributed by atoms with Crippen molar-refractivity contribution in [1.82, 2.24) is 10.6 Å². The van der Waals surface area contributed by atoms with Crippen LogP contribution < -0.4 is 10.6 Å². The Morgan fingerprint density at radius 1 is 1.59 bits per heavy atom. The fourth-order valence-corrected chi connectivity index (χ4v) is 2.15. The van der Waals surface area contributed by atoms with Crippen molar-refractivity contribution < 1.29 is 9.18 Å². The highest BCUT2D eigenvalue weighted by Gasteiger charge is 2.18. The predicted octanol–water partition coefficient (Wildman–Crippen LogP) is 1.50. The van der Waals surface area contributed by atoms with Gasteiger partial charge in [0.1, 0.15) is 5.82 Å². The van der Waals surface area contributed by atoms with E-state index in [2.05, 4.69) is 10.6 Å². The number of benzene rings is 1. The monoisotopic (exact) mass is 256 g/mol. The van der Waals surface area contributed by atoms with E-state index < -0.39 is 5.82 Å². The molecule has 0 spiro atoms. The third-order valence-corrected chi connectivity index (χ3v) is 3.18. The minimum absolute atomic E-state index is 0.0119. The van der Waals surface area contributed by atoms with E-state index in [0.717, 1.165) is 19.5 Å². The minimum Gasteiger partial charge on any atom is -0.352 e. The minimum atomic E-state index is -0.433. The van der Waals surface area contributed by atoms with Crippen LogP contribution in [-0.4, -0.2) is 25.0 Å². The molecule has 2 rings (SSSR count). The molecule has 1 saturated heterocycles. The molecular formula is C12H14ClFN2O. The Morgan fingerprint density at radius 2 is 2.41 bits per heavy atom. The molecular weight excluding hydrogens is 243 g/mol. The number of halogens is 2. The van der Waals surface area contributed by atoms with Crippen LogP contribution in [0.15, 0.2) is 18.2 Å². The fourth-order valence-electron chi connectivity index (χ4n) is 1.92. The third kappa shape index (κ3) is 3.17. The second kappa shape index (κ2) is 5.47. The van der Waals surface area contributed by atoms with Crippen molar-refractivity contribution in [1.29, 1.82) is 0 Å². The zero-order valence-electron chi connectivity index (χ0n) is 9.30. The van der Waals surface area contributed by atoms with Crippen molar-refractivity contribution >= 4 is 17.5 Å². The molecule has 1 unspecified atom stereocenters. The van der Waals surface area contributed by atoms with Crippen LogP contribution >= 0.6 is 11.6 Å². The molecule has 1 heterocycles. The summed E-state index contributed by atoms with van der Waals surface area (Å²) in [6.07, 6.45) is 0.902. The maximum absolute atomic E-state index is 13.4. The molecule has 1 amide bonds. The fraction of sp³-hybridized carbons (Fsp3) is 0.417. The molecule has 1 atom stereocenters. The lowest BCUT2D eigenvalue weighted by molar-refractivity contribution is -0.121. The average molecular weight is 257 g/mol. The van der Waals surface area contributed by atoms with Gasteiger partial charge in [-0.05, 0) is 25.1 Å². The summed E-state index contributed by atoms with van der Waals surface area (Å²) >= 11 is 5.86. The van der Waals surface area contributed by atoms with Gasteiger partial charge in [-0.3, -0.25) is 4.79 Å². The molecule has 92 valence electrons. The number of carbonyl (C=O) groups excluding carboxylic acids is 1.